The highest BCUT2D eigenvalue weighted by Crippen LogP contribution is 2.54. The number of aliphatic carboxylic acids is 1. The minimum absolute atomic E-state index is 0.150. The lowest BCUT2D eigenvalue weighted by molar-refractivity contribution is -0.143. The summed E-state index contributed by atoms with van der Waals surface area (Å²) in [6.07, 6.45) is 0.500. The van der Waals surface area contributed by atoms with Crippen LogP contribution >= 0.6 is 0 Å². The molecule has 2 aromatic rings. The Labute approximate surface area is 197 Å². The third kappa shape index (κ3) is 3.24. The number of carbonyl (C=O) groups is 4. The molecule has 8 heteroatoms. The number of benzene rings is 2. The molecule has 2 fully saturated rings. The Morgan fingerprint density at radius 2 is 1.82 bits per heavy atom. The number of nitrogens with zero attached hydrogens (tertiary/aromatic N) is 1. The number of carboxylic acid groups (broad SMARTS) is 1. The van der Waals surface area contributed by atoms with Crippen molar-refractivity contribution >= 4 is 29.4 Å². The Hall–Kier alpha value is -3.52. The Bertz CT molecular complexity index is 1210. The molecule has 3 aliphatic rings. The van der Waals surface area contributed by atoms with Crippen molar-refractivity contribution in [3.05, 3.63) is 64.7 Å². The van der Waals surface area contributed by atoms with E-state index in [2.05, 4.69) is 10.6 Å². The zero-order valence-electron chi connectivity index (χ0n) is 19.1. The molecule has 0 aromatic heterocycles. The van der Waals surface area contributed by atoms with Crippen molar-refractivity contribution in [1.29, 1.82) is 0 Å². The predicted octanol–water partition coefficient (Wildman–Crippen LogP) is 2.13. The summed E-state index contributed by atoms with van der Waals surface area (Å²) in [5.41, 5.74) is 2.75. The van der Waals surface area contributed by atoms with Crippen LogP contribution < -0.4 is 10.6 Å². The summed E-state index contributed by atoms with van der Waals surface area (Å²) in [4.78, 5) is 53.4. The second-order valence-corrected chi connectivity index (χ2v) is 9.52. The monoisotopic (exact) mass is 461 g/mol. The Morgan fingerprint density at radius 1 is 1.09 bits per heavy atom. The lowest BCUT2D eigenvalue weighted by Gasteiger charge is -2.30. The van der Waals surface area contributed by atoms with Crippen LogP contribution in [0.15, 0.2) is 42.5 Å². The minimum Gasteiger partial charge on any atom is -0.481 e. The summed E-state index contributed by atoms with van der Waals surface area (Å²) in [7, 11) is 0. The van der Waals surface area contributed by atoms with E-state index in [0.717, 1.165) is 16.7 Å². The highest BCUT2D eigenvalue weighted by molar-refractivity contribution is 6.15. The van der Waals surface area contributed by atoms with Crippen LogP contribution in [0.5, 0.6) is 0 Å². The van der Waals surface area contributed by atoms with Gasteiger partial charge in [0.2, 0.25) is 17.7 Å². The van der Waals surface area contributed by atoms with Gasteiger partial charge in [-0.25, -0.2) is 0 Å². The fraction of sp³-hybridized carbons (Fsp3) is 0.385. The number of nitrogens with one attached hydrogen (secondary N) is 2. The van der Waals surface area contributed by atoms with Crippen LogP contribution in [0.2, 0.25) is 0 Å². The maximum Gasteiger partial charge on any atom is 0.303 e. The van der Waals surface area contributed by atoms with Gasteiger partial charge in [0.1, 0.15) is 5.54 Å². The highest BCUT2D eigenvalue weighted by atomic mass is 16.4. The van der Waals surface area contributed by atoms with Gasteiger partial charge < -0.3 is 10.4 Å². The van der Waals surface area contributed by atoms with E-state index >= 15 is 0 Å². The highest BCUT2D eigenvalue weighted by Gasteiger charge is 2.70. The lowest BCUT2D eigenvalue weighted by atomic mass is 9.75. The van der Waals surface area contributed by atoms with Gasteiger partial charge in [0.25, 0.3) is 0 Å². The SMILES string of the molecule is Cc1cc(C)c2c(c1)[C@]1(N[C@H](CCC(=O)O)[C@H]3C(=O)N(CCc4ccccc4)C(=O)[C@@H]31)C(=O)N2. The molecule has 2 saturated heterocycles. The van der Waals surface area contributed by atoms with Crippen molar-refractivity contribution in [2.75, 3.05) is 11.9 Å². The second kappa shape index (κ2) is 8.06. The van der Waals surface area contributed by atoms with E-state index in [1.54, 1.807) is 0 Å². The van der Waals surface area contributed by atoms with Gasteiger partial charge in [-0.2, -0.15) is 0 Å². The summed E-state index contributed by atoms with van der Waals surface area (Å²) in [5, 5.41) is 15.5. The number of hydrogen-bond acceptors (Lipinski definition) is 5. The van der Waals surface area contributed by atoms with E-state index in [0.29, 0.717) is 17.7 Å². The minimum atomic E-state index is -1.39. The lowest BCUT2D eigenvalue weighted by Crippen LogP contribution is -2.53. The quantitative estimate of drug-likeness (QED) is 0.568. The summed E-state index contributed by atoms with van der Waals surface area (Å²) in [6.45, 7) is 4.04. The fourth-order valence-electron chi connectivity index (χ4n) is 5.95. The van der Waals surface area contributed by atoms with Gasteiger partial charge in [-0.05, 0) is 37.8 Å². The Kier molecular flexibility index (Phi) is 5.28. The average Bonchev–Trinajstić information content (AvgIpc) is 3.37. The number of rotatable bonds is 6. The van der Waals surface area contributed by atoms with Crippen molar-refractivity contribution in [2.45, 2.75) is 44.7 Å². The molecule has 3 amide bonds. The number of anilines is 1. The topological polar surface area (TPSA) is 116 Å². The largest absolute Gasteiger partial charge is 0.481 e. The first-order chi connectivity index (χ1) is 16.2. The maximum atomic E-state index is 13.8. The number of aryl methyl sites for hydroxylation is 2. The summed E-state index contributed by atoms with van der Waals surface area (Å²) >= 11 is 0. The summed E-state index contributed by atoms with van der Waals surface area (Å²) in [6, 6.07) is 12.8. The van der Waals surface area contributed by atoms with Gasteiger partial charge in [0, 0.05) is 30.3 Å². The van der Waals surface area contributed by atoms with Crippen molar-refractivity contribution in [3.63, 3.8) is 0 Å². The summed E-state index contributed by atoms with van der Waals surface area (Å²) < 4.78 is 0. The molecule has 0 bridgehead atoms. The number of fused-ring (bicyclic) bond motifs is 4. The van der Waals surface area contributed by atoms with Crippen molar-refractivity contribution < 1.29 is 24.3 Å². The summed E-state index contributed by atoms with van der Waals surface area (Å²) in [5.74, 6) is -3.78. The third-order valence-corrected chi connectivity index (χ3v) is 7.39. The van der Waals surface area contributed by atoms with E-state index in [1.807, 2.05) is 56.3 Å². The van der Waals surface area contributed by atoms with Crippen LogP contribution in [0, 0.1) is 25.7 Å². The Balaban J connectivity index is 1.55. The van der Waals surface area contributed by atoms with Crippen molar-refractivity contribution in [2.24, 2.45) is 11.8 Å². The first-order valence-electron chi connectivity index (χ1n) is 11.6. The van der Waals surface area contributed by atoms with Crippen LogP contribution in [0.3, 0.4) is 0 Å². The van der Waals surface area contributed by atoms with Crippen molar-refractivity contribution in [1.82, 2.24) is 10.2 Å². The molecular formula is C26H27N3O5. The predicted molar refractivity (Wildman–Crippen MR) is 124 cm³/mol. The zero-order valence-corrected chi connectivity index (χ0v) is 19.1. The molecule has 34 heavy (non-hydrogen) atoms. The number of hydrogen-bond donors (Lipinski definition) is 3. The second-order valence-electron chi connectivity index (χ2n) is 9.52. The first kappa shape index (κ1) is 22.3. The van der Waals surface area contributed by atoms with Gasteiger partial charge in [-0.1, -0.05) is 48.0 Å². The molecule has 0 radical (unpaired) electrons. The molecule has 3 heterocycles. The average molecular weight is 462 g/mol. The van der Waals surface area contributed by atoms with Crippen molar-refractivity contribution in [3.8, 4) is 0 Å². The Morgan fingerprint density at radius 3 is 2.53 bits per heavy atom. The molecule has 0 aliphatic carbocycles. The van der Waals surface area contributed by atoms with Crippen LogP contribution in [-0.4, -0.2) is 46.3 Å². The van der Waals surface area contributed by atoms with E-state index in [1.165, 1.54) is 4.90 Å². The first-order valence-corrected chi connectivity index (χ1v) is 11.6. The number of carboxylic acids is 1. The molecule has 2 aromatic carbocycles. The standard InChI is InChI=1S/C26H27N3O5/c1-14-12-15(2)22-17(13-14)26(25(34)27-22)21-20(18(28-26)8-9-19(30)31)23(32)29(24(21)33)11-10-16-6-4-3-5-7-16/h3-7,12-13,18,20-21,28H,8-11H2,1-2H3,(H,27,34)(H,30,31)/t18-,20-,21-,26-/m1/s1. The molecule has 0 unspecified atom stereocenters. The van der Waals surface area contributed by atoms with Gasteiger partial charge >= 0.3 is 5.97 Å². The molecular weight excluding hydrogens is 434 g/mol. The maximum absolute atomic E-state index is 13.8. The van der Waals surface area contributed by atoms with E-state index in [9.17, 15) is 24.3 Å². The molecule has 1 spiro atoms. The van der Waals surface area contributed by atoms with E-state index in [-0.39, 0.29) is 37.1 Å². The fourth-order valence-corrected chi connectivity index (χ4v) is 5.95. The number of likely N-dealkylation sites (tertiary alicyclic amines) is 1. The molecule has 8 nitrogen and oxygen atoms in total. The number of amides is 3. The molecule has 4 atom stereocenters. The molecule has 3 N–H and O–H groups in total. The van der Waals surface area contributed by atoms with Gasteiger partial charge in [-0.15, -0.1) is 0 Å². The van der Waals surface area contributed by atoms with Crippen LogP contribution in [0.1, 0.15) is 35.1 Å². The molecule has 3 aliphatic heterocycles. The molecule has 176 valence electrons. The molecule has 0 saturated carbocycles. The van der Waals surface area contributed by atoms with Gasteiger partial charge in [0.05, 0.1) is 11.8 Å². The van der Waals surface area contributed by atoms with Crippen LogP contribution in [0.4, 0.5) is 5.69 Å². The van der Waals surface area contributed by atoms with E-state index < -0.39 is 29.4 Å². The third-order valence-electron chi connectivity index (χ3n) is 7.39. The van der Waals surface area contributed by atoms with Gasteiger partial charge in [-0.3, -0.25) is 29.4 Å². The van der Waals surface area contributed by atoms with Gasteiger partial charge in [0.15, 0.2) is 0 Å². The van der Waals surface area contributed by atoms with E-state index in [4.69, 9.17) is 0 Å². The number of imide groups is 1. The van der Waals surface area contributed by atoms with Crippen LogP contribution in [-0.2, 0) is 31.1 Å². The normalized spacial score (nSPS) is 27.3. The molecule has 5 rings (SSSR count). The number of carbonyl (C=O) groups excluding carboxylic acids is 3. The smallest absolute Gasteiger partial charge is 0.303 e. The van der Waals surface area contributed by atoms with Crippen LogP contribution in [0.25, 0.3) is 0 Å². The zero-order chi connectivity index (χ0) is 24.2.